The van der Waals surface area contributed by atoms with Gasteiger partial charge in [0, 0.05) is 40.8 Å². The first-order valence-electron chi connectivity index (χ1n) is 15.1. The highest BCUT2D eigenvalue weighted by Crippen LogP contribution is 2.35. The van der Waals surface area contributed by atoms with E-state index in [4.69, 9.17) is 0 Å². The summed E-state index contributed by atoms with van der Waals surface area (Å²) in [6.07, 6.45) is 3.23. The van der Waals surface area contributed by atoms with Crippen LogP contribution in [0.2, 0.25) is 0 Å². The summed E-state index contributed by atoms with van der Waals surface area (Å²) in [6, 6.07) is 26.6. The Morgan fingerprint density at radius 2 is 1.74 bits per heavy atom. The molecule has 222 valence electrons. The standard InChI is InChI=1S/C35H38N4O3S/c1-23-22-43-34(36-23)31-16-9-19-39(31)35(42)27-15-8-14-26(21-27)33(41)38-30(20-24-10-4-2-5-11-24)32(40)29-18-17-28(37-29)25-12-6-3-7-13-25/h2-8,10-15,21-22,28-32,37,40H,9,16-20H2,1H3,(H,38,41). The van der Waals surface area contributed by atoms with Crippen LogP contribution in [0.3, 0.4) is 0 Å². The maximum absolute atomic E-state index is 13.7. The van der Waals surface area contributed by atoms with Crippen LogP contribution < -0.4 is 10.6 Å². The van der Waals surface area contributed by atoms with E-state index >= 15 is 0 Å². The SMILES string of the molecule is Cc1csc(C2CCCN2C(=O)c2cccc(C(=O)NC(Cc3ccccc3)C(O)C3CCC(c4ccccc4)N3)c2)n1. The Kier molecular flexibility index (Phi) is 8.98. The maximum atomic E-state index is 13.7. The lowest BCUT2D eigenvalue weighted by Gasteiger charge is -2.29. The molecule has 6 rings (SSSR count). The molecule has 0 bridgehead atoms. The molecule has 2 fully saturated rings. The number of rotatable bonds is 9. The molecule has 5 unspecified atom stereocenters. The van der Waals surface area contributed by atoms with Crippen LogP contribution in [0, 0.1) is 6.92 Å². The summed E-state index contributed by atoms with van der Waals surface area (Å²) in [6.45, 7) is 2.64. The van der Waals surface area contributed by atoms with Crippen LogP contribution in [-0.4, -0.2) is 51.5 Å². The Labute approximate surface area is 257 Å². The van der Waals surface area contributed by atoms with Gasteiger partial charge in [-0.1, -0.05) is 66.7 Å². The van der Waals surface area contributed by atoms with Gasteiger partial charge in [0.15, 0.2) is 0 Å². The lowest BCUT2D eigenvalue weighted by atomic mass is 9.95. The summed E-state index contributed by atoms with van der Waals surface area (Å²) in [5.74, 6) is -0.395. The number of hydrogen-bond donors (Lipinski definition) is 3. The van der Waals surface area contributed by atoms with Crippen LogP contribution >= 0.6 is 11.3 Å². The molecule has 8 heteroatoms. The number of carbonyl (C=O) groups excluding carboxylic acids is 2. The van der Waals surface area contributed by atoms with Gasteiger partial charge in [-0.3, -0.25) is 9.59 Å². The second-order valence-electron chi connectivity index (χ2n) is 11.6. The Bertz CT molecular complexity index is 1540. The van der Waals surface area contributed by atoms with Crippen molar-refractivity contribution in [2.45, 2.75) is 69.3 Å². The zero-order valence-electron chi connectivity index (χ0n) is 24.4. The number of likely N-dealkylation sites (tertiary alicyclic amines) is 1. The molecular formula is C35H38N4O3S. The molecule has 3 aromatic carbocycles. The summed E-state index contributed by atoms with van der Waals surface area (Å²) >= 11 is 1.59. The number of thiazole rings is 1. The molecule has 2 aliphatic heterocycles. The first-order chi connectivity index (χ1) is 21.0. The normalized spacial score (nSPS) is 21.4. The zero-order chi connectivity index (χ0) is 29.8. The number of benzene rings is 3. The van der Waals surface area contributed by atoms with Gasteiger partial charge in [0.25, 0.3) is 11.8 Å². The van der Waals surface area contributed by atoms with Gasteiger partial charge in [0.2, 0.25) is 0 Å². The van der Waals surface area contributed by atoms with Crippen LogP contribution in [0.15, 0.2) is 90.3 Å². The number of nitrogens with zero attached hydrogens (tertiary/aromatic N) is 2. The third-order valence-corrected chi connectivity index (χ3v) is 9.69. The van der Waals surface area contributed by atoms with Crippen molar-refractivity contribution in [3.05, 3.63) is 123 Å². The van der Waals surface area contributed by atoms with Gasteiger partial charge in [-0.2, -0.15) is 0 Å². The predicted molar refractivity (Wildman–Crippen MR) is 169 cm³/mol. The van der Waals surface area contributed by atoms with Crippen molar-refractivity contribution in [3.8, 4) is 0 Å². The van der Waals surface area contributed by atoms with Gasteiger partial charge in [-0.05, 0) is 68.4 Å². The van der Waals surface area contributed by atoms with Crippen LogP contribution in [-0.2, 0) is 6.42 Å². The van der Waals surface area contributed by atoms with Crippen LogP contribution in [0.5, 0.6) is 0 Å². The van der Waals surface area contributed by atoms with E-state index < -0.39 is 12.1 Å². The van der Waals surface area contributed by atoms with Crippen LogP contribution in [0.25, 0.3) is 0 Å². The summed E-state index contributed by atoms with van der Waals surface area (Å²) in [7, 11) is 0. The number of hydrogen-bond acceptors (Lipinski definition) is 6. The minimum atomic E-state index is -0.796. The summed E-state index contributed by atoms with van der Waals surface area (Å²) in [5, 5.41) is 21.3. The Morgan fingerprint density at radius 1 is 1.00 bits per heavy atom. The molecule has 43 heavy (non-hydrogen) atoms. The van der Waals surface area contributed by atoms with Gasteiger partial charge < -0.3 is 20.6 Å². The van der Waals surface area contributed by atoms with Crippen molar-refractivity contribution in [1.82, 2.24) is 20.5 Å². The third-order valence-electron chi connectivity index (χ3n) is 8.63. The highest BCUT2D eigenvalue weighted by atomic mass is 32.1. The first-order valence-corrected chi connectivity index (χ1v) is 16.0. The molecule has 0 radical (unpaired) electrons. The number of amides is 2. The van der Waals surface area contributed by atoms with Crippen molar-refractivity contribution >= 4 is 23.2 Å². The number of carbonyl (C=O) groups is 2. The molecule has 1 aromatic heterocycles. The molecule has 4 aromatic rings. The van der Waals surface area contributed by atoms with Crippen molar-refractivity contribution in [3.63, 3.8) is 0 Å². The molecule has 2 saturated heterocycles. The summed E-state index contributed by atoms with van der Waals surface area (Å²) in [5.41, 5.74) is 4.08. The second kappa shape index (κ2) is 13.2. The predicted octanol–water partition coefficient (Wildman–Crippen LogP) is 5.62. The van der Waals surface area contributed by atoms with E-state index in [2.05, 4.69) is 27.8 Å². The summed E-state index contributed by atoms with van der Waals surface area (Å²) < 4.78 is 0. The number of aliphatic hydroxyl groups is 1. The topological polar surface area (TPSA) is 94.6 Å². The second-order valence-corrected chi connectivity index (χ2v) is 12.5. The van der Waals surface area contributed by atoms with E-state index in [0.29, 0.717) is 24.1 Å². The van der Waals surface area contributed by atoms with Gasteiger partial charge >= 0.3 is 0 Å². The smallest absolute Gasteiger partial charge is 0.254 e. The number of aryl methyl sites for hydroxylation is 1. The van der Waals surface area contributed by atoms with Crippen LogP contribution in [0.4, 0.5) is 0 Å². The van der Waals surface area contributed by atoms with Gasteiger partial charge in [-0.25, -0.2) is 4.98 Å². The Hall–Kier alpha value is -3.85. The molecular weight excluding hydrogens is 556 g/mol. The van der Waals surface area contributed by atoms with E-state index in [1.165, 1.54) is 5.56 Å². The number of aliphatic hydroxyl groups excluding tert-OH is 1. The Morgan fingerprint density at radius 3 is 2.49 bits per heavy atom. The third kappa shape index (κ3) is 6.72. The zero-order valence-corrected chi connectivity index (χ0v) is 25.2. The lowest BCUT2D eigenvalue weighted by molar-refractivity contribution is 0.0729. The minimum Gasteiger partial charge on any atom is -0.389 e. The molecule has 5 atom stereocenters. The minimum absolute atomic E-state index is 0.0345. The fraction of sp³-hybridized carbons (Fsp3) is 0.343. The molecule has 0 saturated carbocycles. The first kappa shape index (κ1) is 29.2. The van der Waals surface area contributed by atoms with Gasteiger partial charge in [0.1, 0.15) is 5.01 Å². The lowest BCUT2D eigenvalue weighted by Crippen LogP contribution is -2.52. The van der Waals surface area contributed by atoms with Crippen LogP contribution in [0.1, 0.15) is 80.3 Å². The molecule has 7 nitrogen and oxygen atoms in total. The number of nitrogens with one attached hydrogen (secondary N) is 2. The molecule has 3 heterocycles. The van der Waals surface area contributed by atoms with E-state index in [1.807, 2.05) is 65.7 Å². The van der Waals surface area contributed by atoms with E-state index in [9.17, 15) is 14.7 Å². The van der Waals surface area contributed by atoms with Crippen molar-refractivity contribution in [2.24, 2.45) is 0 Å². The largest absolute Gasteiger partial charge is 0.389 e. The molecule has 2 aliphatic rings. The van der Waals surface area contributed by atoms with E-state index in [-0.39, 0.29) is 29.9 Å². The quantitative estimate of drug-likeness (QED) is 0.234. The van der Waals surface area contributed by atoms with Crippen molar-refractivity contribution in [1.29, 1.82) is 0 Å². The van der Waals surface area contributed by atoms with E-state index in [0.717, 1.165) is 41.9 Å². The Balaban J connectivity index is 1.18. The average Bonchev–Trinajstić information content (AvgIpc) is 3.82. The fourth-order valence-corrected chi connectivity index (χ4v) is 7.34. The van der Waals surface area contributed by atoms with Gasteiger partial charge in [-0.15, -0.1) is 11.3 Å². The summed E-state index contributed by atoms with van der Waals surface area (Å²) in [4.78, 5) is 33.8. The van der Waals surface area contributed by atoms with Crippen molar-refractivity contribution < 1.29 is 14.7 Å². The molecule has 0 aliphatic carbocycles. The van der Waals surface area contributed by atoms with Crippen molar-refractivity contribution in [2.75, 3.05) is 6.54 Å². The number of aromatic nitrogens is 1. The average molecular weight is 595 g/mol. The molecule has 2 amide bonds. The van der Waals surface area contributed by atoms with Gasteiger partial charge in [0.05, 0.1) is 18.2 Å². The van der Waals surface area contributed by atoms with E-state index in [1.54, 1.807) is 35.6 Å². The molecule has 3 N–H and O–H groups in total. The highest BCUT2D eigenvalue weighted by Gasteiger charge is 2.36. The maximum Gasteiger partial charge on any atom is 0.254 e. The highest BCUT2D eigenvalue weighted by molar-refractivity contribution is 7.09. The molecule has 0 spiro atoms. The fourth-order valence-electron chi connectivity index (χ4n) is 6.40. The monoisotopic (exact) mass is 594 g/mol.